The highest BCUT2D eigenvalue weighted by Crippen LogP contribution is 2.26. The molecule has 17 heavy (non-hydrogen) atoms. The first-order valence-electron chi connectivity index (χ1n) is 5.31. The van der Waals surface area contributed by atoms with Crippen molar-refractivity contribution < 1.29 is 0 Å². The van der Waals surface area contributed by atoms with E-state index in [2.05, 4.69) is 35.1 Å². The second-order valence-corrected chi connectivity index (χ2v) is 4.98. The van der Waals surface area contributed by atoms with Gasteiger partial charge in [0.15, 0.2) is 5.13 Å². The van der Waals surface area contributed by atoms with Gasteiger partial charge < -0.3 is 5.73 Å². The molecule has 84 valence electrons. The number of nitrogen functional groups attached to an aromatic ring is 1. The van der Waals surface area contributed by atoms with Gasteiger partial charge in [-0.25, -0.2) is 9.97 Å². The molecule has 0 radical (unpaired) electrons. The highest BCUT2D eigenvalue weighted by molar-refractivity contribution is 7.21. The summed E-state index contributed by atoms with van der Waals surface area (Å²) >= 11 is 1.41. The van der Waals surface area contributed by atoms with Gasteiger partial charge in [-0.2, -0.15) is 0 Å². The maximum absolute atomic E-state index is 5.67. The molecule has 0 unspecified atom stereocenters. The van der Waals surface area contributed by atoms with Crippen molar-refractivity contribution >= 4 is 26.8 Å². The molecular weight excluding hydrogens is 230 g/mol. The number of hydrogen-bond donors (Lipinski definition) is 1. The molecule has 0 aliphatic rings. The SMILES string of the molecule is Cc1cccc(-c2cnc3sc(N)nc3c2)c1. The summed E-state index contributed by atoms with van der Waals surface area (Å²) in [6, 6.07) is 10.4. The van der Waals surface area contributed by atoms with Crippen LogP contribution in [0.25, 0.3) is 21.5 Å². The lowest BCUT2D eigenvalue weighted by molar-refractivity contribution is 1.39. The molecule has 4 heteroatoms. The maximum atomic E-state index is 5.67. The summed E-state index contributed by atoms with van der Waals surface area (Å²) in [6.07, 6.45) is 1.87. The molecule has 0 aliphatic carbocycles. The molecule has 0 saturated heterocycles. The molecule has 0 amide bonds. The average molecular weight is 241 g/mol. The van der Waals surface area contributed by atoms with Crippen molar-refractivity contribution in [3.8, 4) is 11.1 Å². The molecule has 3 aromatic rings. The van der Waals surface area contributed by atoms with Crippen LogP contribution in [-0.2, 0) is 0 Å². The van der Waals surface area contributed by atoms with Crippen LogP contribution in [0, 0.1) is 6.92 Å². The van der Waals surface area contributed by atoms with E-state index < -0.39 is 0 Å². The van der Waals surface area contributed by atoms with E-state index >= 15 is 0 Å². The van der Waals surface area contributed by atoms with Crippen molar-refractivity contribution in [3.63, 3.8) is 0 Å². The summed E-state index contributed by atoms with van der Waals surface area (Å²) < 4.78 is 0. The third-order valence-corrected chi connectivity index (χ3v) is 3.42. The normalized spacial score (nSPS) is 10.9. The van der Waals surface area contributed by atoms with Crippen molar-refractivity contribution in [2.24, 2.45) is 0 Å². The Morgan fingerprint density at radius 2 is 2.06 bits per heavy atom. The third-order valence-electron chi connectivity index (χ3n) is 2.62. The van der Waals surface area contributed by atoms with E-state index in [9.17, 15) is 0 Å². The predicted octanol–water partition coefficient (Wildman–Crippen LogP) is 3.25. The number of thiazole rings is 1. The molecule has 2 aromatic heterocycles. The van der Waals surface area contributed by atoms with Gasteiger partial charge in [-0.1, -0.05) is 41.2 Å². The average Bonchev–Trinajstić information content (AvgIpc) is 2.68. The second kappa shape index (κ2) is 3.82. The Labute approximate surface area is 103 Å². The summed E-state index contributed by atoms with van der Waals surface area (Å²) in [5.41, 5.74) is 10.0. The zero-order valence-electron chi connectivity index (χ0n) is 9.34. The van der Waals surface area contributed by atoms with Crippen molar-refractivity contribution in [2.45, 2.75) is 6.92 Å². The summed E-state index contributed by atoms with van der Waals surface area (Å²) in [6.45, 7) is 2.08. The Balaban J connectivity index is 2.17. The van der Waals surface area contributed by atoms with Crippen LogP contribution in [0.2, 0.25) is 0 Å². The van der Waals surface area contributed by atoms with E-state index in [1.165, 1.54) is 16.9 Å². The minimum absolute atomic E-state index is 0.564. The van der Waals surface area contributed by atoms with E-state index in [4.69, 9.17) is 5.73 Å². The van der Waals surface area contributed by atoms with Gasteiger partial charge in [-0.3, -0.25) is 0 Å². The Morgan fingerprint density at radius 3 is 2.88 bits per heavy atom. The van der Waals surface area contributed by atoms with Crippen molar-refractivity contribution in [1.82, 2.24) is 9.97 Å². The van der Waals surface area contributed by atoms with E-state index in [-0.39, 0.29) is 0 Å². The molecule has 0 atom stereocenters. The number of rotatable bonds is 1. The zero-order chi connectivity index (χ0) is 11.8. The van der Waals surface area contributed by atoms with Crippen LogP contribution in [-0.4, -0.2) is 9.97 Å². The van der Waals surface area contributed by atoms with Gasteiger partial charge in [0.05, 0.1) is 0 Å². The minimum Gasteiger partial charge on any atom is -0.375 e. The van der Waals surface area contributed by atoms with E-state index in [1.807, 2.05) is 18.3 Å². The van der Waals surface area contributed by atoms with Crippen LogP contribution in [0.1, 0.15) is 5.56 Å². The van der Waals surface area contributed by atoms with Crippen LogP contribution >= 0.6 is 11.3 Å². The van der Waals surface area contributed by atoms with Gasteiger partial charge in [0.2, 0.25) is 0 Å². The fraction of sp³-hybridized carbons (Fsp3) is 0.0769. The van der Waals surface area contributed by atoms with Gasteiger partial charge in [-0.15, -0.1) is 0 Å². The highest BCUT2D eigenvalue weighted by atomic mass is 32.1. The van der Waals surface area contributed by atoms with E-state index in [1.54, 1.807) is 0 Å². The highest BCUT2D eigenvalue weighted by Gasteiger charge is 2.05. The third kappa shape index (κ3) is 1.87. The predicted molar refractivity (Wildman–Crippen MR) is 72.0 cm³/mol. The molecule has 2 N–H and O–H groups in total. The first-order chi connectivity index (χ1) is 8.22. The lowest BCUT2D eigenvalue weighted by atomic mass is 10.1. The van der Waals surface area contributed by atoms with E-state index in [0.717, 1.165) is 21.5 Å². The second-order valence-electron chi connectivity index (χ2n) is 3.97. The van der Waals surface area contributed by atoms with Crippen molar-refractivity contribution in [1.29, 1.82) is 0 Å². The van der Waals surface area contributed by atoms with Gasteiger partial charge in [0, 0.05) is 11.8 Å². The van der Waals surface area contributed by atoms with Crippen LogP contribution in [0.5, 0.6) is 0 Å². The van der Waals surface area contributed by atoms with Crippen LogP contribution in [0.4, 0.5) is 5.13 Å². The Hall–Kier alpha value is -1.94. The van der Waals surface area contributed by atoms with Gasteiger partial charge in [0.25, 0.3) is 0 Å². The number of aromatic nitrogens is 2. The minimum atomic E-state index is 0.564. The van der Waals surface area contributed by atoms with Crippen LogP contribution < -0.4 is 5.73 Å². The molecule has 3 nitrogen and oxygen atoms in total. The number of anilines is 1. The number of fused-ring (bicyclic) bond motifs is 1. The molecule has 2 heterocycles. The molecule has 1 aromatic carbocycles. The van der Waals surface area contributed by atoms with Gasteiger partial charge in [-0.05, 0) is 18.6 Å². The monoisotopic (exact) mass is 241 g/mol. The number of nitrogens with zero attached hydrogens (tertiary/aromatic N) is 2. The smallest absolute Gasteiger partial charge is 0.182 e. The van der Waals surface area contributed by atoms with Crippen molar-refractivity contribution in [3.05, 3.63) is 42.1 Å². The molecule has 0 bridgehead atoms. The number of benzene rings is 1. The number of aryl methyl sites for hydroxylation is 1. The van der Waals surface area contributed by atoms with Crippen LogP contribution in [0.15, 0.2) is 36.5 Å². The number of hydrogen-bond acceptors (Lipinski definition) is 4. The molecule has 0 aliphatic heterocycles. The maximum Gasteiger partial charge on any atom is 0.182 e. The topological polar surface area (TPSA) is 51.8 Å². The van der Waals surface area contributed by atoms with E-state index in [0.29, 0.717) is 5.13 Å². The first kappa shape index (κ1) is 10.2. The molecule has 3 rings (SSSR count). The lowest BCUT2D eigenvalue weighted by Crippen LogP contribution is -1.82. The Kier molecular flexibility index (Phi) is 2.30. The summed E-state index contributed by atoms with van der Waals surface area (Å²) in [5, 5.41) is 0.564. The molecule has 0 fully saturated rings. The summed E-state index contributed by atoms with van der Waals surface area (Å²) in [5.74, 6) is 0. The Bertz CT molecular complexity index is 688. The molecule has 0 spiro atoms. The quantitative estimate of drug-likeness (QED) is 0.711. The zero-order valence-corrected chi connectivity index (χ0v) is 10.2. The Morgan fingerprint density at radius 1 is 1.18 bits per heavy atom. The van der Waals surface area contributed by atoms with Crippen LogP contribution in [0.3, 0.4) is 0 Å². The lowest BCUT2D eigenvalue weighted by Gasteiger charge is -2.01. The number of pyridine rings is 1. The largest absolute Gasteiger partial charge is 0.375 e. The summed E-state index contributed by atoms with van der Waals surface area (Å²) in [7, 11) is 0. The van der Waals surface area contributed by atoms with Crippen molar-refractivity contribution in [2.75, 3.05) is 5.73 Å². The first-order valence-corrected chi connectivity index (χ1v) is 6.13. The molecule has 0 saturated carbocycles. The molecular formula is C13H11N3S. The number of nitrogens with two attached hydrogens (primary N) is 1. The summed E-state index contributed by atoms with van der Waals surface area (Å²) in [4.78, 5) is 9.53. The fourth-order valence-electron chi connectivity index (χ4n) is 1.82. The fourth-order valence-corrected chi connectivity index (χ4v) is 2.48. The standard InChI is InChI=1S/C13H11N3S/c1-8-3-2-4-9(5-8)10-6-11-12(15-7-10)17-13(14)16-11/h2-7H,1H3,(H2,14,16). The van der Waals surface area contributed by atoms with Gasteiger partial charge >= 0.3 is 0 Å². The van der Waals surface area contributed by atoms with Gasteiger partial charge in [0.1, 0.15) is 10.3 Å².